The van der Waals surface area contributed by atoms with Crippen molar-refractivity contribution in [2.24, 2.45) is 11.8 Å². The monoisotopic (exact) mass is 329 g/mol. The zero-order valence-corrected chi connectivity index (χ0v) is 14.6. The molecule has 3 nitrogen and oxygen atoms in total. The van der Waals surface area contributed by atoms with Crippen molar-refractivity contribution in [3.63, 3.8) is 0 Å². The number of anilines is 2. The molecule has 2 aliphatic carbocycles. The van der Waals surface area contributed by atoms with Gasteiger partial charge in [0.2, 0.25) is 0 Å². The lowest BCUT2D eigenvalue weighted by molar-refractivity contribution is 0.392. The summed E-state index contributed by atoms with van der Waals surface area (Å²) >= 11 is 5.51. The van der Waals surface area contributed by atoms with Gasteiger partial charge in [0.05, 0.1) is 0 Å². The van der Waals surface area contributed by atoms with Crippen LogP contribution in [0.3, 0.4) is 0 Å². The molecule has 0 radical (unpaired) electrons. The van der Waals surface area contributed by atoms with Crippen LogP contribution in [0.25, 0.3) is 0 Å². The van der Waals surface area contributed by atoms with Crippen molar-refractivity contribution in [2.45, 2.75) is 51.0 Å². The molecule has 3 atom stereocenters. The van der Waals surface area contributed by atoms with Gasteiger partial charge in [0.25, 0.3) is 0 Å². The molecule has 23 heavy (non-hydrogen) atoms. The molecule has 2 N–H and O–H groups in total. The molecule has 124 valence electrons. The summed E-state index contributed by atoms with van der Waals surface area (Å²) in [5, 5.41) is 7.69. The number of fused-ring (bicyclic) bond motifs is 2. The fourth-order valence-electron chi connectivity index (χ4n) is 4.66. The quantitative estimate of drug-likeness (QED) is 0.815. The predicted octanol–water partition coefficient (Wildman–Crippen LogP) is 4.15. The molecule has 1 saturated heterocycles. The third-order valence-electron chi connectivity index (χ3n) is 5.90. The second-order valence-corrected chi connectivity index (χ2v) is 7.88. The van der Waals surface area contributed by atoms with Gasteiger partial charge in [-0.05, 0) is 86.8 Å². The van der Waals surface area contributed by atoms with Crippen LogP contribution in [0.5, 0.6) is 0 Å². The van der Waals surface area contributed by atoms with E-state index < -0.39 is 0 Å². The first-order valence-corrected chi connectivity index (χ1v) is 9.61. The van der Waals surface area contributed by atoms with Crippen LogP contribution in [0.1, 0.15) is 44.9 Å². The number of benzene rings is 1. The van der Waals surface area contributed by atoms with Gasteiger partial charge in [-0.2, -0.15) is 0 Å². The zero-order valence-electron chi connectivity index (χ0n) is 13.8. The van der Waals surface area contributed by atoms with Crippen LogP contribution in [-0.2, 0) is 0 Å². The third kappa shape index (κ3) is 3.47. The van der Waals surface area contributed by atoms with Crippen LogP contribution in [0, 0.1) is 11.8 Å². The van der Waals surface area contributed by atoms with Crippen molar-refractivity contribution < 1.29 is 0 Å². The minimum Gasteiger partial charge on any atom is -0.372 e. The van der Waals surface area contributed by atoms with E-state index in [2.05, 4.69) is 39.8 Å². The fourth-order valence-corrected chi connectivity index (χ4v) is 4.93. The van der Waals surface area contributed by atoms with Crippen molar-refractivity contribution >= 4 is 28.7 Å². The van der Waals surface area contributed by atoms with E-state index in [1.807, 2.05) is 0 Å². The lowest BCUT2D eigenvalue weighted by atomic mass is 9.96. The number of nitrogens with zero attached hydrogens (tertiary/aromatic N) is 1. The molecule has 3 fully saturated rings. The lowest BCUT2D eigenvalue weighted by Gasteiger charge is -2.29. The van der Waals surface area contributed by atoms with E-state index in [1.165, 1.54) is 63.7 Å². The molecular formula is C19H27N3S. The highest BCUT2D eigenvalue weighted by molar-refractivity contribution is 7.80. The van der Waals surface area contributed by atoms with Gasteiger partial charge in [0.1, 0.15) is 0 Å². The van der Waals surface area contributed by atoms with Crippen LogP contribution >= 0.6 is 12.2 Å². The summed E-state index contributed by atoms with van der Waals surface area (Å²) in [6.45, 7) is 2.38. The maximum atomic E-state index is 5.51. The van der Waals surface area contributed by atoms with Crippen molar-refractivity contribution in [2.75, 3.05) is 23.3 Å². The third-order valence-corrected chi connectivity index (χ3v) is 6.12. The van der Waals surface area contributed by atoms with Gasteiger partial charge in [-0.1, -0.05) is 6.42 Å². The number of hydrogen-bond donors (Lipinski definition) is 2. The van der Waals surface area contributed by atoms with E-state index in [-0.39, 0.29) is 0 Å². The highest BCUT2D eigenvalue weighted by Gasteiger charge is 2.39. The van der Waals surface area contributed by atoms with E-state index >= 15 is 0 Å². The van der Waals surface area contributed by atoms with Crippen LogP contribution in [0.2, 0.25) is 0 Å². The minimum atomic E-state index is 0.598. The van der Waals surface area contributed by atoms with Crippen molar-refractivity contribution in [1.29, 1.82) is 0 Å². The Hall–Kier alpha value is -1.29. The molecule has 0 amide bonds. The Morgan fingerprint density at radius 1 is 1.00 bits per heavy atom. The van der Waals surface area contributed by atoms with E-state index in [0.717, 1.165) is 22.6 Å². The molecule has 1 aliphatic heterocycles. The van der Waals surface area contributed by atoms with E-state index in [4.69, 9.17) is 12.2 Å². The first-order valence-electron chi connectivity index (χ1n) is 9.20. The largest absolute Gasteiger partial charge is 0.372 e. The Morgan fingerprint density at radius 2 is 1.78 bits per heavy atom. The van der Waals surface area contributed by atoms with Crippen LogP contribution < -0.4 is 15.5 Å². The van der Waals surface area contributed by atoms with Crippen LogP contribution in [0.15, 0.2) is 24.3 Å². The van der Waals surface area contributed by atoms with Gasteiger partial charge in [0.15, 0.2) is 5.11 Å². The Balaban J connectivity index is 1.30. The highest BCUT2D eigenvalue weighted by Crippen LogP contribution is 2.44. The number of thiocarbonyl (C=S) groups is 1. The molecule has 1 aromatic rings. The van der Waals surface area contributed by atoms with Gasteiger partial charge in [-0.25, -0.2) is 0 Å². The van der Waals surface area contributed by atoms with E-state index in [1.54, 1.807) is 0 Å². The molecule has 2 bridgehead atoms. The standard InChI is InChI=1S/C19H27N3S/c23-19(21-18-13-14-4-5-15(18)12-14)20-16-6-8-17(9-7-16)22-10-2-1-3-11-22/h6-9,14-15,18H,1-5,10-13H2,(H2,20,21,23)/t14-,15+,18+/m0/s1. The molecule has 4 heteroatoms. The summed E-state index contributed by atoms with van der Waals surface area (Å²) in [4.78, 5) is 2.49. The van der Waals surface area contributed by atoms with E-state index in [0.29, 0.717) is 6.04 Å². The summed E-state index contributed by atoms with van der Waals surface area (Å²) in [5.74, 6) is 1.80. The summed E-state index contributed by atoms with van der Waals surface area (Å²) < 4.78 is 0. The van der Waals surface area contributed by atoms with Crippen molar-refractivity contribution in [3.05, 3.63) is 24.3 Å². The molecule has 1 heterocycles. The number of nitrogens with one attached hydrogen (secondary N) is 2. The average Bonchev–Trinajstić information content (AvgIpc) is 3.19. The summed E-state index contributed by atoms with van der Waals surface area (Å²) in [6, 6.07) is 9.33. The first-order chi connectivity index (χ1) is 11.3. The van der Waals surface area contributed by atoms with Crippen LogP contribution in [0.4, 0.5) is 11.4 Å². The van der Waals surface area contributed by atoms with Gasteiger partial charge < -0.3 is 15.5 Å². The molecule has 0 spiro atoms. The number of hydrogen-bond acceptors (Lipinski definition) is 2. The smallest absolute Gasteiger partial charge is 0.171 e. The topological polar surface area (TPSA) is 27.3 Å². The Bertz CT molecular complexity index is 550. The maximum absolute atomic E-state index is 5.51. The van der Waals surface area contributed by atoms with Gasteiger partial charge in [-0.3, -0.25) is 0 Å². The molecule has 0 aromatic heterocycles. The fraction of sp³-hybridized carbons (Fsp3) is 0.632. The lowest BCUT2D eigenvalue weighted by Crippen LogP contribution is -2.40. The van der Waals surface area contributed by atoms with Crippen molar-refractivity contribution in [3.8, 4) is 0 Å². The zero-order chi connectivity index (χ0) is 15.6. The summed E-state index contributed by atoms with van der Waals surface area (Å²) in [7, 11) is 0. The molecule has 2 saturated carbocycles. The number of piperidine rings is 1. The summed E-state index contributed by atoms with van der Waals surface area (Å²) in [6.07, 6.45) is 9.54. The molecule has 1 aromatic carbocycles. The first kappa shape index (κ1) is 15.3. The SMILES string of the molecule is S=C(Nc1ccc(N2CCCCC2)cc1)N[C@@H]1C[C@H]2CC[C@@H]1C2. The number of rotatable bonds is 3. The Kier molecular flexibility index (Phi) is 4.43. The molecule has 0 unspecified atom stereocenters. The molecular weight excluding hydrogens is 302 g/mol. The van der Waals surface area contributed by atoms with Crippen molar-refractivity contribution in [1.82, 2.24) is 5.32 Å². The van der Waals surface area contributed by atoms with Gasteiger partial charge >= 0.3 is 0 Å². The Labute approximate surface area is 144 Å². The van der Waals surface area contributed by atoms with Gasteiger partial charge in [0, 0.05) is 30.5 Å². The second-order valence-electron chi connectivity index (χ2n) is 7.47. The normalized spacial score (nSPS) is 29.6. The molecule has 3 aliphatic rings. The molecule has 4 rings (SSSR count). The van der Waals surface area contributed by atoms with Gasteiger partial charge in [-0.15, -0.1) is 0 Å². The predicted molar refractivity (Wildman–Crippen MR) is 101 cm³/mol. The Morgan fingerprint density at radius 3 is 2.43 bits per heavy atom. The summed E-state index contributed by atoms with van der Waals surface area (Å²) in [5.41, 5.74) is 2.42. The van der Waals surface area contributed by atoms with Crippen LogP contribution in [-0.4, -0.2) is 24.2 Å². The van der Waals surface area contributed by atoms with E-state index in [9.17, 15) is 0 Å². The average molecular weight is 330 g/mol. The maximum Gasteiger partial charge on any atom is 0.171 e. The second kappa shape index (κ2) is 6.68. The highest BCUT2D eigenvalue weighted by atomic mass is 32.1. The minimum absolute atomic E-state index is 0.598.